The van der Waals surface area contributed by atoms with Gasteiger partial charge in [0.1, 0.15) is 22.6 Å². The summed E-state index contributed by atoms with van der Waals surface area (Å²) in [7, 11) is -2.36. The van der Waals surface area contributed by atoms with Crippen molar-refractivity contribution in [2.75, 3.05) is 33.3 Å². The van der Waals surface area contributed by atoms with Crippen LogP contribution in [-0.2, 0) is 10.0 Å². The molecule has 2 amide bonds. The molecule has 0 aromatic heterocycles. The topological polar surface area (TPSA) is 99.2 Å². The monoisotopic (exact) mass is 507 g/mol. The number of aliphatic hydroxyl groups is 1. The molecule has 0 spiro atoms. The van der Waals surface area contributed by atoms with E-state index in [1.165, 1.54) is 27.4 Å². The molecule has 10 heteroatoms. The van der Waals surface area contributed by atoms with Crippen LogP contribution in [0.5, 0.6) is 5.75 Å². The molecule has 3 rings (SSSR count). The van der Waals surface area contributed by atoms with Gasteiger partial charge in [-0.3, -0.25) is 0 Å². The Kier molecular flexibility index (Phi) is 8.74. The lowest BCUT2D eigenvalue weighted by molar-refractivity contribution is 0.0813. The molecule has 0 bridgehead atoms. The third-order valence-electron chi connectivity index (χ3n) is 6.18. The molecule has 1 heterocycles. The van der Waals surface area contributed by atoms with Gasteiger partial charge in [-0.05, 0) is 37.1 Å². The predicted octanol–water partition coefficient (Wildman–Crippen LogP) is 3.31. The largest absolute Gasteiger partial charge is 0.487 e. The molecule has 1 aliphatic rings. The fraction of sp³-hybridized carbons (Fsp3) is 0.480. The standard InChI is InChI=1S/C25H34FN3O5S/c1-5-12-27-25(31)28(4)15-23-17(2)14-29(18(3)16-30)35(32,33)24-11-10-19(13-22(24)34-23)20-8-6-7-9-21(20)26/h6-11,13,17-18,23,30H,5,12,14-16H2,1-4H3,(H,27,31)/t17-,18-,23-/m1/s1. The molecule has 1 aliphatic heterocycles. The van der Waals surface area contributed by atoms with E-state index in [1.807, 2.05) is 13.8 Å². The van der Waals surface area contributed by atoms with Crippen molar-refractivity contribution in [2.45, 2.75) is 44.2 Å². The summed E-state index contributed by atoms with van der Waals surface area (Å²) in [4.78, 5) is 13.9. The van der Waals surface area contributed by atoms with Crippen LogP contribution < -0.4 is 10.1 Å². The number of fused-ring (bicyclic) bond motifs is 1. The number of halogens is 1. The Labute approximate surface area is 206 Å². The lowest BCUT2D eigenvalue weighted by Gasteiger charge is -2.37. The molecule has 35 heavy (non-hydrogen) atoms. The van der Waals surface area contributed by atoms with Gasteiger partial charge >= 0.3 is 6.03 Å². The van der Waals surface area contributed by atoms with Crippen LogP contribution in [0.15, 0.2) is 47.4 Å². The Morgan fingerprint density at radius 1 is 1.31 bits per heavy atom. The zero-order valence-electron chi connectivity index (χ0n) is 20.6. The van der Waals surface area contributed by atoms with Gasteiger partial charge < -0.3 is 20.1 Å². The summed E-state index contributed by atoms with van der Waals surface area (Å²) in [6.45, 7) is 5.95. The maximum atomic E-state index is 14.5. The molecule has 0 saturated carbocycles. The van der Waals surface area contributed by atoms with E-state index in [4.69, 9.17) is 4.74 Å². The third-order valence-corrected chi connectivity index (χ3v) is 8.20. The zero-order chi connectivity index (χ0) is 25.8. The summed E-state index contributed by atoms with van der Waals surface area (Å²) < 4.78 is 49.2. The smallest absolute Gasteiger partial charge is 0.317 e. The fourth-order valence-corrected chi connectivity index (χ4v) is 5.85. The number of ether oxygens (including phenoxy) is 1. The van der Waals surface area contributed by atoms with Crippen molar-refractivity contribution in [3.63, 3.8) is 0 Å². The molecule has 8 nitrogen and oxygen atoms in total. The number of rotatable bonds is 7. The van der Waals surface area contributed by atoms with E-state index in [0.717, 1.165) is 6.42 Å². The van der Waals surface area contributed by atoms with E-state index in [-0.39, 0.29) is 42.3 Å². The number of likely N-dealkylation sites (N-methyl/N-ethyl adjacent to an activating group) is 1. The maximum absolute atomic E-state index is 14.5. The van der Waals surface area contributed by atoms with Gasteiger partial charge in [0, 0.05) is 37.7 Å². The molecule has 0 fully saturated rings. The number of nitrogens with one attached hydrogen (secondary N) is 1. The highest BCUT2D eigenvalue weighted by Gasteiger charge is 2.38. The summed E-state index contributed by atoms with van der Waals surface area (Å²) in [5.41, 5.74) is 0.791. The van der Waals surface area contributed by atoms with Crippen LogP contribution in [-0.4, -0.2) is 74.2 Å². The number of aliphatic hydroxyl groups excluding tert-OH is 1. The Balaban J connectivity index is 2.07. The summed E-state index contributed by atoms with van der Waals surface area (Å²) in [5.74, 6) is -0.667. The van der Waals surface area contributed by atoms with Crippen molar-refractivity contribution in [3.8, 4) is 16.9 Å². The normalized spacial score (nSPS) is 20.6. The first-order valence-corrected chi connectivity index (χ1v) is 13.2. The molecule has 2 N–H and O–H groups in total. The second-order valence-electron chi connectivity index (χ2n) is 8.99. The van der Waals surface area contributed by atoms with Crippen LogP contribution in [0.1, 0.15) is 27.2 Å². The minimum atomic E-state index is -4.01. The van der Waals surface area contributed by atoms with Crippen LogP contribution in [0, 0.1) is 11.7 Å². The van der Waals surface area contributed by atoms with Gasteiger partial charge in [-0.15, -0.1) is 0 Å². The number of nitrogens with zero attached hydrogens (tertiary/aromatic N) is 2. The van der Waals surface area contributed by atoms with Gasteiger partial charge in [-0.25, -0.2) is 17.6 Å². The summed E-state index contributed by atoms with van der Waals surface area (Å²) in [6, 6.07) is 9.80. The van der Waals surface area contributed by atoms with Gasteiger partial charge in [0.2, 0.25) is 10.0 Å². The molecule has 0 unspecified atom stereocenters. The number of hydrogen-bond acceptors (Lipinski definition) is 5. The molecule has 2 aromatic carbocycles. The number of sulfonamides is 1. The van der Waals surface area contributed by atoms with E-state index >= 15 is 0 Å². The van der Waals surface area contributed by atoms with E-state index < -0.39 is 28.0 Å². The average molecular weight is 508 g/mol. The van der Waals surface area contributed by atoms with Crippen molar-refractivity contribution in [1.29, 1.82) is 0 Å². The van der Waals surface area contributed by atoms with Crippen LogP contribution in [0.2, 0.25) is 0 Å². The molecular formula is C25H34FN3O5S. The molecule has 0 aliphatic carbocycles. The molecule has 192 valence electrons. The predicted molar refractivity (Wildman–Crippen MR) is 132 cm³/mol. The Hall–Kier alpha value is -2.69. The first-order valence-electron chi connectivity index (χ1n) is 11.8. The number of urea groups is 1. The van der Waals surface area contributed by atoms with E-state index in [2.05, 4.69) is 5.32 Å². The molecule has 2 aromatic rings. The number of carbonyl (C=O) groups excluding carboxylic acids is 1. The number of carbonyl (C=O) groups is 1. The van der Waals surface area contributed by atoms with E-state index in [9.17, 15) is 22.7 Å². The highest BCUT2D eigenvalue weighted by atomic mass is 32.2. The van der Waals surface area contributed by atoms with Crippen LogP contribution in [0.25, 0.3) is 11.1 Å². The van der Waals surface area contributed by atoms with Crippen molar-refractivity contribution in [1.82, 2.24) is 14.5 Å². The molecule has 0 radical (unpaired) electrons. The Morgan fingerprint density at radius 2 is 2.03 bits per heavy atom. The number of benzene rings is 2. The third kappa shape index (κ3) is 5.94. The maximum Gasteiger partial charge on any atom is 0.317 e. The van der Waals surface area contributed by atoms with Crippen molar-refractivity contribution < 1.29 is 27.4 Å². The van der Waals surface area contributed by atoms with Crippen molar-refractivity contribution in [3.05, 3.63) is 48.3 Å². The molecule has 3 atom stereocenters. The second kappa shape index (κ2) is 11.4. The minimum Gasteiger partial charge on any atom is -0.487 e. The molecular weight excluding hydrogens is 473 g/mol. The van der Waals surface area contributed by atoms with E-state index in [1.54, 1.807) is 38.2 Å². The summed E-state index contributed by atoms with van der Waals surface area (Å²) >= 11 is 0. The first-order chi connectivity index (χ1) is 16.6. The lowest BCUT2D eigenvalue weighted by atomic mass is 10.0. The number of amides is 2. The molecule has 0 saturated heterocycles. The van der Waals surface area contributed by atoms with E-state index in [0.29, 0.717) is 17.7 Å². The first kappa shape index (κ1) is 26.9. The Bertz CT molecular complexity index is 1140. The van der Waals surface area contributed by atoms with Gasteiger partial charge in [0.15, 0.2) is 0 Å². The minimum absolute atomic E-state index is 0.0622. The number of hydrogen-bond donors (Lipinski definition) is 2. The van der Waals surface area contributed by atoms with Crippen molar-refractivity contribution >= 4 is 16.1 Å². The van der Waals surface area contributed by atoms with Crippen LogP contribution in [0.4, 0.5) is 9.18 Å². The lowest BCUT2D eigenvalue weighted by Crippen LogP contribution is -2.51. The fourth-order valence-electron chi connectivity index (χ4n) is 4.03. The van der Waals surface area contributed by atoms with Crippen LogP contribution in [0.3, 0.4) is 0 Å². The van der Waals surface area contributed by atoms with Crippen molar-refractivity contribution in [2.24, 2.45) is 5.92 Å². The SMILES string of the molecule is CCCNC(=O)N(C)C[C@H]1Oc2cc(-c3ccccc3F)ccc2S(=O)(=O)N([C@H](C)CO)C[C@H]1C. The zero-order valence-corrected chi connectivity index (χ0v) is 21.4. The summed E-state index contributed by atoms with van der Waals surface area (Å²) in [6.07, 6.45) is 0.249. The average Bonchev–Trinajstić information content (AvgIpc) is 2.84. The highest BCUT2D eigenvalue weighted by molar-refractivity contribution is 7.89. The van der Waals surface area contributed by atoms with Gasteiger partial charge in [0.25, 0.3) is 0 Å². The van der Waals surface area contributed by atoms with Gasteiger partial charge in [-0.1, -0.05) is 38.1 Å². The Morgan fingerprint density at radius 3 is 2.69 bits per heavy atom. The second-order valence-corrected chi connectivity index (χ2v) is 10.9. The highest BCUT2D eigenvalue weighted by Crippen LogP contribution is 2.37. The quantitative estimate of drug-likeness (QED) is 0.599. The van der Waals surface area contributed by atoms with Crippen LogP contribution >= 0.6 is 0 Å². The van der Waals surface area contributed by atoms with Gasteiger partial charge in [-0.2, -0.15) is 4.31 Å². The summed E-state index contributed by atoms with van der Waals surface area (Å²) in [5, 5.41) is 12.6. The van der Waals surface area contributed by atoms with Gasteiger partial charge in [0.05, 0.1) is 13.2 Å².